The number of hydrogen-bond acceptors (Lipinski definition) is 5. The van der Waals surface area contributed by atoms with Gasteiger partial charge < -0.3 is 14.2 Å². The second-order valence-corrected chi connectivity index (χ2v) is 6.66. The monoisotopic (exact) mass is 335 g/mol. The van der Waals surface area contributed by atoms with Crippen LogP contribution in [0.2, 0.25) is 0 Å². The number of ether oxygens (including phenoxy) is 3. The van der Waals surface area contributed by atoms with E-state index in [-0.39, 0.29) is 11.2 Å². The Morgan fingerprint density at radius 2 is 1.61 bits per heavy atom. The summed E-state index contributed by atoms with van der Waals surface area (Å²) in [5, 5.41) is 0. The lowest BCUT2D eigenvalue weighted by Gasteiger charge is -2.12. The first-order valence-corrected chi connectivity index (χ1v) is 8.57. The molecule has 0 bridgehead atoms. The van der Waals surface area contributed by atoms with Crippen LogP contribution in [0, 0.1) is 0 Å². The predicted molar refractivity (Wildman–Crippen MR) is 84.9 cm³/mol. The third-order valence-corrected chi connectivity index (χ3v) is 4.82. The maximum absolute atomic E-state index is 12.3. The van der Waals surface area contributed by atoms with E-state index in [1.165, 1.54) is 19.2 Å². The van der Waals surface area contributed by atoms with Crippen molar-refractivity contribution in [2.45, 2.75) is 11.2 Å². The first kappa shape index (κ1) is 15.8. The summed E-state index contributed by atoms with van der Waals surface area (Å²) in [6.45, 7) is 1.13. The van der Waals surface area contributed by atoms with Crippen LogP contribution in [0.25, 0.3) is 0 Å². The van der Waals surface area contributed by atoms with Crippen LogP contribution in [0.15, 0.2) is 53.4 Å². The average molecular weight is 335 g/mol. The van der Waals surface area contributed by atoms with Gasteiger partial charge in [0.25, 0.3) is 10.0 Å². The SMILES string of the molecule is COc1ccc(S(=O)(=O)Nc2ccc(C3OCCO3)cc2)cc1. The number of benzene rings is 2. The van der Waals surface area contributed by atoms with Gasteiger partial charge in [-0.2, -0.15) is 0 Å². The van der Waals surface area contributed by atoms with Crippen molar-refractivity contribution in [3.8, 4) is 5.75 Å². The molecule has 0 saturated carbocycles. The zero-order chi connectivity index (χ0) is 16.3. The van der Waals surface area contributed by atoms with Gasteiger partial charge in [0.2, 0.25) is 0 Å². The summed E-state index contributed by atoms with van der Waals surface area (Å²) in [4.78, 5) is 0.171. The third kappa shape index (κ3) is 3.64. The summed E-state index contributed by atoms with van der Waals surface area (Å²) < 4.78 is 43.0. The van der Waals surface area contributed by atoms with Crippen molar-refractivity contribution in [1.82, 2.24) is 0 Å². The summed E-state index contributed by atoms with van der Waals surface area (Å²) in [5.41, 5.74) is 1.33. The van der Waals surface area contributed by atoms with Crippen molar-refractivity contribution in [2.24, 2.45) is 0 Å². The van der Waals surface area contributed by atoms with Gasteiger partial charge in [-0.1, -0.05) is 12.1 Å². The molecule has 0 atom stereocenters. The lowest BCUT2D eigenvalue weighted by Crippen LogP contribution is -2.13. The van der Waals surface area contributed by atoms with Gasteiger partial charge in [0, 0.05) is 11.3 Å². The molecule has 2 aromatic rings. The Bertz CT molecular complexity index is 750. The first-order chi connectivity index (χ1) is 11.1. The van der Waals surface area contributed by atoms with Crippen molar-refractivity contribution in [3.05, 3.63) is 54.1 Å². The molecule has 122 valence electrons. The van der Waals surface area contributed by atoms with Gasteiger partial charge in [-0.15, -0.1) is 0 Å². The molecule has 0 radical (unpaired) electrons. The molecule has 1 aliphatic rings. The largest absolute Gasteiger partial charge is 0.497 e. The molecule has 0 aliphatic carbocycles. The van der Waals surface area contributed by atoms with Gasteiger partial charge in [0.15, 0.2) is 6.29 Å². The van der Waals surface area contributed by atoms with E-state index in [0.717, 1.165) is 5.56 Å². The molecule has 1 saturated heterocycles. The maximum Gasteiger partial charge on any atom is 0.261 e. The van der Waals surface area contributed by atoms with Crippen molar-refractivity contribution in [1.29, 1.82) is 0 Å². The Balaban J connectivity index is 1.74. The summed E-state index contributed by atoms with van der Waals surface area (Å²) in [7, 11) is -2.11. The summed E-state index contributed by atoms with van der Waals surface area (Å²) in [5.74, 6) is 0.602. The zero-order valence-electron chi connectivity index (χ0n) is 12.6. The molecular formula is C16H17NO5S. The fourth-order valence-electron chi connectivity index (χ4n) is 2.23. The minimum Gasteiger partial charge on any atom is -0.497 e. The normalized spacial score (nSPS) is 15.5. The van der Waals surface area contributed by atoms with Crippen LogP contribution in [0.5, 0.6) is 5.75 Å². The second kappa shape index (κ2) is 6.57. The Kier molecular flexibility index (Phi) is 4.51. The minimum absolute atomic E-state index is 0.171. The maximum atomic E-state index is 12.3. The van der Waals surface area contributed by atoms with Crippen LogP contribution in [0.1, 0.15) is 11.9 Å². The minimum atomic E-state index is -3.64. The Morgan fingerprint density at radius 3 is 2.17 bits per heavy atom. The number of hydrogen-bond donors (Lipinski definition) is 1. The number of nitrogens with one attached hydrogen (secondary N) is 1. The van der Waals surface area contributed by atoms with Crippen molar-refractivity contribution in [2.75, 3.05) is 25.0 Å². The molecule has 2 aromatic carbocycles. The summed E-state index contributed by atoms with van der Waals surface area (Å²) in [6.07, 6.45) is -0.373. The van der Waals surface area contributed by atoms with Crippen molar-refractivity contribution < 1.29 is 22.6 Å². The van der Waals surface area contributed by atoms with Gasteiger partial charge in [-0.05, 0) is 36.4 Å². The molecule has 7 heteroatoms. The third-order valence-electron chi connectivity index (χ3n) is 3.43. The molecule has 0 amide bonds. The first-order valence-electron chi connectivity index (χ1n) is 7.08. The molecule has 23 heavy (non-hydrogen) atoms. The van der Waals surface area contributed by atoms with E-state index in [2.05, 4.69) is 4.72 Å². The number of methoxy groups -OCH3 is 1. The van der Waals surface area contributed by atoms with Gasteiger partial charge in [-0.25, -0.2) is 8.42 Å². The van der Waals surface area contributed by atoms with Gasteiger partial charge in [-0.3, -0.25) is 4.72 Å². The highest BCUT2D eigenvalue weighted by molar-refractivity contribution is 7.92. The fourth-order valence-corrected chi connectivity index (χ4v) is 3.29. The van der Waals surface area contributed by atoms with E-state index in [9.17, 15) is 8.42 Å². The van der Waals surface area contributed by atoms with E-state index in [4.69, 9.17) is 14.2 Å². The molecule has 1 fully saturated rings. The standard InChI is InChI=1S/C16H17NO5S/c1-20-14-6-8-15(9-7-14)23(18,19)17-13-4-2-12(3-5-13)16-21-10-11-22-16/h2-9,16-17H,10-11H2,1H3. The van der Waals surface area contributed by atoms with E-state index < -0.39 is 10.0 Å². The van der Waals surface area contributed by atoms with Crippen LogP contribution in [-0.4, -0.2) is 28.7 Å². The Hall–Kier alpha value is -2.09. The predicted octanol–water partition coefficient (Wildman–Crippen LogP) is 2.54. The van der Waals surface area contributed by atoms with Crippen molar-refractivity contribution in [3.63, 3.8) is 0 Å². The summed E-state index contributed by atoms with van der Waals surface area (Å²) in [6, 6.07) is 13.1. The van der Waals surface area contributed by atoms with Crippen LogP contribution >= 0.6 is 0 Å². The quantitative estimate of drug-likeness (QED) is 0.909. The van der Waals surface area contributed by atoms with E-state index in [1.54, 1.807) is 36.4 Å². The molecule has 0 aromatic heterocycles. The Labute approximate surface area is 135 Å². The second-order valence-electron chi connectivity index (χ2n) is 4.98. The van der Waals surface area contributed by atoms with Crippen molar-refractivity contribution >= 4 is 15.7 Å². The van der Waals surface area contributed by atoms with Crippen LogP contribution in [0.4, 0.5) is 5.69 Å². The molecule has 6 nitrogen and oxygen atoms in total. The lowest BCUT2D eigenvalue weighted by molar-refractivity contribution is -0.0441. The zero-order valence-corrected chi connectivity index (χ0v) is 13.4. The molecule has 3 rings (SSSR count). The Morgan fingerprint density at radius 1 is 1.00 bits per heavy atom. The van der Waals surface area contributed by atoms with E-state index in [1.807, 2.05) is 0 Å². The highest BCUT2D eigenvalue weighted by atomic mass is 32.2. The molecule has 1 aliphatic heterocycles. The molecule has 1 N–H and O–H groups in total. The highest BCUT2D eigenvalue weighted by Crippen LogP contribution is 2.25. The topological polar surface area (TPSA) is 73.9 Å². The van der Waals surface area contributed by atoms with Crippen LogP contribution < -0.4 is 9.46 Å². The molecule has 0 unspecified atom stereocenters. The number of rotatable bonds is 5. The smallest absolute Gasteiger partial charge is 0.261 e. The number of anilines is 1. The molecule has 0 spiro atoms. The van der Waals surface area contributed by atoms with Crippen LogP contribution in [-0.2, 0) is 19.5 Å². The van der Waals surface area contributed by atoms with Gasteiger partial charge >= 0.3 is 0 Å². The lowest BCUT2D eigenvalue weighted by atomic mass is 10.2. The summed E-state index contributed by atoms with van der Waals surface area (Å²) >= 11 is 0. The average Bonchev–Trinajstić information content (AvgIpc) is 3.10. The highest BCUT2D eigenvalue weighted by Gasteiger charge is 2.19. The van der Waals surface area contributed by atoms with E-state index in [0.29, 0.717) is 24.7 Å². The van der Waals surface area contributed by atoms with Crippen LogP contribution in [0.3, 0.4) is 0 Å². The van der Waals surface area contributed by atoms with Gasteiger partial charge in [0.1, 0.15) is 5.75 Å². The van der Waals surface area contributed by atoms with Gasteiger partial charge in [0.05, 0.1) is 25.2 Å². The molecule has 1 heterocycles. The van der Waals surface area contributed by atoms with E-state index >= 15 is 0 Å². The fraction of sp³-hybridized carbons (Fsp3) is 0.250. The molecular weight excluding hydrogens is 318 g/mol. The number of sulfonamides is 1.